The molecule has 3 rings (SSSR count). The molecular weight excluding hydrogens is 264 g/mol. The van der Waals surface area contributed by atoms with Gasteiger partial charge >= 0.3 is 0 Å². The largest absolute Gasteiger partial charge is 0.297 e. The van der Waals surface area contributed by atoms with Gasteiger partial charge in [0.25, 0.3) is 5.91 Å². The summed E-state index contributed by atoms with van der Waals surface area (Å²) in [4.78, 5) is 27.7. The standard InChI is InChI=1S/C12H14N4O2S/c1-16-10(17)5-4-8(15-16)11(18)14-12-13-9(6-19-12)7-2-3-7/h6-7H,2-5H2,1H3,(H,13,14,18). The molecule has 0 radical (unpaired) electrons. The summed E-state index contributed by atoms with van der Waals surface area (Å²) in [6.07, 6.45) is 3.09. The predicted molar refractivity (Wildman–Crippen MR) is 72.2 cm³/mol. The van der Waals surface area contributed by atoms with E-state index in [0.29, 0.717) is 29.6 Å². The van der Waals surface area contributed by atoms with Crippen LogP contribution in [-0.4, -0.2) is 34.6 Å². The molecule has 100 valence electrons. The molecule has 1 aliphatic carbocycles. The highest BCUT2D eigenvalue weighted by molar-refractivity contribution is 7.14. The number of thiazole rings is 1. The van der Waals surface area contributed by atoms with Gasteiger partial charge in [0.05, 0.1) is 5.69 Å². The molecule has 2 heterocycles. The summed E-state index contributed by atoms with van der Waals surface area (Å²) in [5, 5.41) is 10.5. The fourth-order valence-corrected chi connectivity index (χ4v) is 2.70. The van der Waals surface area contributed by atoms with Crippen LogP contribution in [0.2, 0.25) is 0 Å². The smallest absolute Gasteiger partial charge is 0.273 e. The summed E-state index contributed by atoms with van der Waals surface area (Å²) in [5.41, 5.74) is 1.45. The van der Waals surface area contributed by atoms with E-state index in [4.69, 9.17) is 0 Å². The van der Waals surface area contributed by atoms with E-state index < -0.39 is 0 Å². The van der Waals surface area contributed by atoms with Crippen molar-refractivity contribution in [2.24, 2.45) is 5.10 Å². The minimum Gasteiger partial charge on any atom is -0.297 e. The average Bonchev–Trinajstić information content (AvgIpc) is 3.14. The first-order chi connectivity index (χ1) is 9.13. The number of hydrogen-bond donors (Lipinski definition) is 1. The van der Waals surface area contributed by atoms with Gasteiger partial charge in [-0.25, -0.2) is 9.99 Å². The van der Waals surface area contributed by atoms with Crippen LogP contribution < -0.4 is 5.32 Å². The number of amides is 2. The Balaban J connectivity index is 1.67. The maximum atomic E-state index is 12.0. The van der Waals surface area contributed by atoms with Gasteiger partial charge in [-0.05, 0) is 12.8 Å². The lowest BCUT2D eigenvalue weighted by Crippen LogP contribution is -2.34. The third kappa shape index (κ3) is 2.65. The molecule has 2 amide bonds. The van der Waals surface area contributed by atoms with Crippen molar-refractivity contribution in [3.8, 4) is 0 Å². The Morgan fingerprint density at radius 1 is 1.47 bits per heavy atom. The number of nitrogens with zero attached hydrogens (tertiary/aromatic N) is 3. The number of anilines is 1. The fourth-order valence-electron chi connectivity index (χ4n) is 1.91. The molecule has 1 fully saturated rings. The zero-order valence-electron chi connectivity index (χ0n) is 10.5. The number of carbonyl (C=O) groups is 2. The second-order valence-corrected chi connectivity index (χ2v) is 5.63. The SMILES string of the molecule is CN1N=C(C(=O)Nc2nc(C3CC3)cs2)CCC1=O. The Morgan fingerprint density at radius 2 is 2.26 bits per heavy atom. The Labute approximate surface area is 114 Å². The maximum Gasteiger partial charge on any atom is 0.273 e. The van der Waals surface area contributed by atoms with Crippen LogP contribution in [0.25, 0.3) is 0 Å². The lowest BCUT2D eigenvalue weighted by atomic mass is 10.1. The molecule has 19 heavy (non-hydrogen) atoms. The number of hydrogen-bond acceptors (Lipinski definition) is 5. The molecule has 6 nitrogen and oxygen atoms in total. The van der Waals surface area contributed by atoms with E-state index in [1.807, 2.05) is 5.38 Å². The normalized spacial score (nSPS) is 19.3. The Bertz CT molecular complexity index is 562. The second kappa shape index (κ2) is 4.73. The van der Waals surface area contributed by atoms with Gasteiger partial charge in [-0.3, -0.25) is 14.9 Å². The van der Waals surface area contributed by atoms with Gasteiger partial charge < -0.3 is 0 Å². The second-order valence-electron chi connectivity index (χ2n) is 4.77. The third-order valence-electron chi connectivity index (χ3n) is 3.21. The molecular formula is C12H14N4O2S. The van der Waals surface area contributed by atoms with Crippen LogP contribution in [0.5, 0.6) is 0 Å². The molecule has 1 aliphatic heterocycles. The molecule has 7 heteroatoms. The van der Waals surface area contributed by atoms with Crippen molar-refractivity contribution < 1.29 is 9.59 Å². The highest BCUT2D eigenvalue weighted by atomic mass is 32.1. The van der Waals surface area contributed by atoms with Crippen molar-refractivity contribution in [1.82, 2.24) is 9.99 Å². The summed E-state index contributed by atoms with van der Waals surface area (Å²) in [6, 6.07) is 0. The van der Waals surface area contributed by atoms with Crippen LogP contribution in [0, 0.1) is 0 Å². The summed E-state index contributed by atoms with van der Waals surface area (Å²) >= 11 is 1.43. The lowest BCUT2D eigenvalue weighted by molar-refractivity contribution is -0.130. The van der Waals surface area contributed by atoms with E-state index in [2.05, 4.69) is 15.4 Å². The van der Waals surface area contributed by atoms with Crippen molar-refractivity contribution in [3.63, 3.8) is 0 Å². The molecule has 1 saturated carbocycles. The number of rotatable bonds is 3. The number of hydrazone groups is 1. The monoisotopic (exact) mass is 278 g/mol. The number of nitrogens with one attached hydrogen (secondary N) is 1. The van der Waals surface area contributed by atoms with Crippen molar-refractivity contribution >= 4 is 34.0 Å². The fraction of sp³-hybridized carbons (Fsp3) is 0.500. The summed E-state index contributed by atoms with van der Waals surface area (Å²) in [7, 11) is 1.56. The van der Waals surface area contributed by atoms with E-state index in [1.165, 1.54) is 29.2 Å². The molecule has 0 bridgehead atoms. The molecule has 0 spiro atoms. The van der Waals surface area contributed by atoms with E-state index in [-0.39, 0.29) is 11.8 Å². The third-order valence-corrected chi connectivity index (χ3v) is 3.98. The van der Waals surface area contributed by atoms with Crippen LogP contribution >= 0.6 is 11.3 Å². The van der Waals surface area contributed by atoms with Crippen LogP contribution in [0.4, 0.5) is 5.13 Å². The molecule has 0 saturated heterocycles. The Morgan fingerprint density at radius 3 is 2.95 bits per heavy atom. The highest BCUT2D eigenvalue weighted by Crippen LogP contribution is 2.40. The molecule has 0 unspecified atom stereocenters. The molecule has 0 aromatic carbocycles. The number of aromatic nitrogens is 1. The molecule has 1 N–H and O–H groups in total. The van der Waals surface area contributed by atoms with Gasteiger partial charge in [0, 0.05) is 31.2 Å². The van der Waals surface area contributed by atoms with Gasteiger partial charge in [-0.2, -0.15) is 5.10 Å². The van der Waals surface area contributed by atoms with E-state index in [9.17, 15) is 9.59 Å². The van der Waals surface area contributed by atoms with Crippen molar-refractivity contribution in [2.45, 2.75) is 31.6 Å². The Hall–Kier alpha value is -1.76. The van der Waals surface area contributed by atoms with Crippen LogP contribution in [0.15, 0.2) is 10.5 Å². The van der Waals surface area contributed by atoms with Crippen molar-refractivity contribution in [2.75, 3.05) is 12.4 Å². The first-order valence-electron chi connectivity index (χ1n) is 6.24. The molecule has 0 atom stereocenters. The van der Waals surface area contributed by atoms with Crippen LogP contribution in [-0.2, 0) is 9.59 Å². The maximum absolute atomic E-state index is 12.0. The molecule has 2 aliphatic rings. The lowest BCUT2D eigenvalue weighted by Gasteiger charge is -2.18. The topological polar surface area (TPSA) is 74.7 Å². The quantitative estimate of drug-likeness (QED) is 0.912. The highest BCUT2D eigenvalue weighted by Gasteiger charge is 2.27. The summed E-state index contributed by atoms with van der Waals surface area (Å²) < 4.78 is 0. The summed E-state index contributed by atoms with van der Waals surface area (Å²) in [6.45, 7) is 0. The zero-order chi connectivity index (χ0) is 13.4. The van der Waals surface area contributed by atoms with Gasteiger partial charge in [0.15, 0.2) is 5.13 Å². The first-order valence-corrected chi connectivity index (χ1v) is 7.12. The molecule has 1 aromatic rings. The van der Waals surface area contributed by atoms with Gasteiger partial charge in [-0.1, -0.05) is 0 Å². The first kappa shape index (κ1) is 12.3. The van der Waals surface area contributed by atoms with Crippen LogP contribution in [0.1, 0.15) is 37.3 Å². The van der Waals surface area contributed by atoms with Crippen molar-refractivity contribution in [1.29, 1.82) is 0 Å². The molecule has 1 aromatic heterocycles. The Kier molecular flexibility index (Phi) is 3.06. The minimum atomic E-state index is -0.268. The zero-order valence-corrected chi connectivity index (χ0v) is 11.4. The van der Waals surface area contributed by atoms with Crippen LogP contribution in [0.3, 0.4) is 0 Å². The number of carbonyl (C=O) groups excluding carboxylic acids is 2. The van der Waals surface area contributed by atoms with Crippen molar-refractivity contribution in [3.05, 3.63) is 11.1 Å². The van der Waals surface area contributed by atoms with Gasteiger partial charge in [-0.15, -0.1) is 11.3 Å². The van der Waals surface area contributed by atoms with E-state index in [0.717, 1.165) is 5.69 Å². The summed E-state index contributed by atoms with van der Waals surface area (Å²) in [5.74, 6) is 0.246. The predicted octanol–water partition coefficient (Wildman–Crippen LogP) is 1.57. The van der Waals surface area contributed by atoms with Gasteiger partial charge in [0.1, 0.15) is 5.71 Å². The average molecular weight is 278 g/mol. The van der Waals surface area contributed by atoms with Gasteiger partial charge in [0.2, 0.25) is 5.91 Å². The van der Waals surface area contributed by atoms with E-state index in [1.54, 1.807) is 7.05 Å². The minimum absolute atomic E-state index is 0.0678. The van der Waals surface area contributed by atoms with E-state index >= 15 is 0 Å².